The largest absolute Gasteiger partial charge is 0.353 e. The molecule has 0 spiro atoms. The Hall–Kier alpha value is -1.70. The van der Waals surface area contributed by atoms with Crippen molar-refractivity contribution in [3.8, 4) is 0 Å². The fourth-order valence-electron chi connectivity index (χ4n) is 2.20. The number of carbonyl (C=O) groups is 1. The van der Waals surface area contributed by atoms with Gasteiger partial charge in [-0.2, -0.15) is 0 Å². The van der Waals surface area contributed by atoms with Gasteiger partial charge in [0, 0.05) is 32.2 Å². The summed E-state index contributed by atoms with van der Waals surface area (Å²) in [6.07, 6.45) is 2.03. The second-order valence-electron chi connectivity index (χ2n) is 4.82. The van der Waals surface area contributed by atoms with Gasteiger partial charge in [0.1, 0.15) is 12.0 Å². The monoisotopic (exact) mass is 356 g/mol. The van der Waals surface area contributed by atoms with Gasteiger partial charge < -0.3 is 9.80 Å². The number of carbonyl (C=O) groups excluding carboxylic acids is 1. The molecular formula is C13H17BrN4O3. The quantitative estimate of drug-likeness (QED) is 0.467. The molecule has 0 aromatic carbocycles. The summed E-state index contributed by atoms with van der Waals surface area (Å²) in [5, 5.41) is 10.6. The van der Waals surface area contributed by atoms with Crippen molar-refractivity contribution in [3.63, 3.8) is 0 Å². The third kappa shape index (κ3) is 3.69. The smallest absolute Gasteiger partial charge is 0.287 e. The van der Waals surface area contributed by atoms with Gasteiger partial charge in [0.25, 0.3) is 5.69 Å². The van der Waals surface area contributed by atoms with Gasteiger partial charge in [0.15, 0.2) is 0 Å². The van der Waals surface area contributed by atoms with Crippen molar-refractivity contribution in [2.45, 2.75) is 18.2 Å². The highest BCUT2D eigenvalue weighted by Gasteiger charge is 2.25. The standard InChI is InChI=1S/C13H17BrN4O3/c1-2-11(14)13(19)17-7-5-16(6-8-17)12-4-3-10(9-15-12)18(20)21/h3-4,9,11H,2,5-8H2,1H3. The van der Waals surface area contributed by atoms with E-state index in [2.05, 4.69) is 20.9 Å². The minimum absolute atomic E-state index is 0.0161. The number of halogens is 1. The molecule has 21 heavy (non-hydrogen) atoms. The van der Waals surface area contributed by atoms with Crippen molar-refractivity contribution >= 4 is 33.3 Å². The van der Waals surface area contributed by atoms with Crippen LogP contribution in [0.5, 0.6) is 0 Å². The molecule has 1 saturated heterocycles. The fraction of sp³-hybridized carbons (Fsp3) is 0.538. The number of hydrogen-bond acceptors (Lipinski definition) is 5. The molecule has 0 saturated carbocycles. The molecule has 1 atom stereocenters. The van der Waals surface area contributed by atoms with Crippen molar-refractivity contribution in [2.24, 2.45) is 0 Å². The summed E-state index contributed by atoms with van der Waals surface area (Å²) in [6.45, 7) is 4.60. The van der Waals surface area contributed by atoms with Crippen molar-refractivity contribution in [2.75, 3.05) is 31.1 Å². The highest BCUT2D eigenvalue weighted by molar-refractivity contribution is 9.10. The van der Waals surface area contributed by atoms with Gasteiger partial charge in [-0.05, 0) is 12.5 Å². The van der Waals surface area contributed by atoms with Crippen LogP contribution in [0.15, 0.2) is 18.3 Å². The van der Waals surface area contributed by atoms with Crippen molar-refractivity contribution in [3.05, 3.63) is 28.4 Å². The Morgan fingerprint density at radius 3 is 2.57 bits per heavy atom. The summed E-state index contributed by atoms with van der Waals surface area (Å²) in [6, 6.07) is 3.10. The fourth-order valence-corrected chi connectivity index (χ4v) is 2.49. The van der Waals surface area contributed by atoms with Crippen molar-refractivity contribution < 1.29 is 9.72 Å². The number of piperazine rings is 1. The molecule has 1 aliphatic heterocycles. The molecule has 0 N–H and O–H groups in total. The first-order chi connectivity index (χ1) is 10.0. The number of amides is 1. The summed E-state index contributed by atoms with van der Waals surface area (Å²) in [5.41, 5.74) is -0.0161. The molecular weight excluding hydrogens is 340 g/mol. The number of anilines is 1. The number of aromatic nitrogens is 1. The average Bonchev–Trinajstić information content (AvgIpc) is 2.53. The van der Waals surface area contributed by atoms with Gasteiger partial charge in [0.2, 0.25) is 5.91 Å². The normalized spacial score (nSPS) is 16.7. The second kappa shape index (κ2) is 6.84. The minimum Gasteiger partial charge on any atom is -0.353 e. The van der Waals surface area contributed by atoms with Gasteiger partial charge in [-0.25, -0.2) is 4.98 Å². The summed E-state index contributed by atoms with van der Waals surface area (Å²) in [4.78, 5) is 30.1. The van der Waals surface area contributed by atoms with Crippen LogP contribution in [0.4, 0.5) is 11.5 Å². The van der Waals surface area contributed by atoms with Crippen LogP contribution in [0.3, 0.4) is 0 Å². The Labute approximate surface area is 131 Å². The lowest BCUT2D eigenvalue weighted by molar-refractivity contribution is -0.385. The molecule has 1 fully saturated rings. The van der Waals surface area contributed by atoms with Crippen LogP contribution >= 0.6 is 15.9 Å². The van der Waals surface area contributed by atoms with E-state index >= 15 is 0 Å². The van der Waals surface area contributed by atoms with Crippen LogP contribution in [0.2, 0.25) is 0 Å². The molecule has 1 unspecified atom stereocenters. The number of alkyl halides is 1. The zero-order valence-electron chi connectivity index (χ0n) is 11.7. The predicted molar refractivity (Wildman–Crippen MR) is 82.7 cm³/mol. The van der Waals surface area contributed by atoms with E-state index in [-0.39, 0.29) is 16.4 Å². The lowest BCUT2D eigenvalue weighted by Crippen LogP contribution is -2.50. The van der Waals surface area contributed by atoms with Crippen molar-refractivity contribution in [1.29, 1.82) is 0 Å². The zero-order chi connectivity index (χ0) is 15.4. The maximum Gasteiger partial charge on any atom is 0.287 e. The van der Waals surface area contributed by atoms with E-state index < -0.39 is 4.92 Å². The van der Waals surface area contributed by atoms with Crippen LogP contribution in [-0.4, -0.2) is 51.7 Å². The number of rotatable bonds is 4. The molecule has 0 bridgehead atoms. The first-order valence-electron chi connectivity index (χ1n) is 6.81. The Morgan fingerprint density at radius 2 is 2.10 bits per heavy atom. The van der Waals surface area contributed by atoms with Crippen molar-refractivity contribution in [1.82, 2.24) is 9.88 Å². The highest BCUT2D eigenvalue weighted by Crippen LogP contribution is 2.18. The van der Waals surface area contributed by atoms with Gasteiger partial charge in [-0.3, -0.25) is 14.9 Å². The Kier molecular flexibility index (Phi) is 5.11. The minimum atomic E-state index is -0.464. The third-order valence-corrected chi connectivity index (χ3v) is 4.52. The molecule has 1 aliphatic rings. The van der Waals surface area contributed by atoms with Crippen LogP contribution in [0.1, 0.15) is 13.3 Å². The number of pyridine rings is 1. The zero-order valence-corrected chi connectivity index (χ0v) is 13.3. The summed E-state index contributed by atoms with van der Waals surface area (Å²) in [5.74, 6) is 0.826. The molecule has 1 aromatic rings. The highest BCUT2D eigenvalue weighted by atomic mass is 79.9. The maximum absolute atomic E-state index is 12.1. The first-order valence-corrected chi connectivity index (χ1v) is 7.72. The van der Waals surface area contributed by atoms with E-state index in [4.69, 9.17) is 0 Å². The second-order valence-corrected chi connectivity index (χ2v) is 5.93. The Balaban J connectivity index is 1.94. The van der Waals surface area contributed by atoms with E-state index in [0.717, 1.165) is 6.42 Å². The lowest BCUT2D eigenvalue weighted by Gasteiger charge is -2.36. The number of nitro groups is 1. The summed E-state index contributed by atoms with van der Waals surface area (Å²) >= 11 is 3.38. The molecule has 114 valence electrons. The molecule has 1 aromatic heterocycles. The number of nitrogens with zero attached hydrogens (tertiary/aromatic N) is 4. The van der Waals surface area contributed by atoms with E-state index in [9.17, 15) is 14.9 Å². The average molecular weight is 357 g/mol. The topological polar surface area (TPSA) is 79.6 Å². The van der Waals surface area contributed by atoms with Gasteiger partial charge in [0.05, 0.1) is 9.75 Å². The van der Waals surface area contributed by atoms with E-state index in [1.54, 1.807) is 6.07 Å². The van der Waals surface area contributed by atoms with Gasteiger partial charge in [-0.1, -0.05) is 22.9 Å². The molecule has 1 amide bonds. The van der Waals surface area contributed by atoms with Gasteiger partial charge >= 0.3 is 0 Å². The first kappa shape index (κ1) is 15.7. The summed E-state index contributed by atoms with van der Waals surface area (Å²) < 4.78 is 0. The maximum atomic E-state index is 12.1. The van der Waals surface area contributed by atoms with Crippen LogP contribution in [0, 0.1) is 10.1 Å². The molecule has 2 rings (SSSR count). The summed E-state index contributed by atoms with van der Waals surface area (Å²) in [7, 11) is 0. The van der Waals surface area contributed by atoms with Crippen LogP contribution in [0.25, 0.3) is 0 Å². The molecule has 8 heteroatoms. The van der Waals surface area contributed by atoms with E-state index in [0.29, 0.717) is 32.0 Å². The molecule has 0 aliphatic carbocycles. The molecule has 2 heterocycles. The lowest BCUT2D eigenvalue weighted by atomic mass is 10.2. The van der Waals surface area contributed by atoms with Crippen LogP contribution in [-0.2, 0) is 4.79 Å². The van der Waals surface area contributed by atoms with Crippen LogP contribution < -0.4 is 4.90 Å². The van der Waals surface area contributed by atoms with Gasteiger partial charge in [-0.15, -0.1) is 0 Å². The third-order valence-electron chi connectivity index (χ3n) is 3.48. The molecule has 7 nitrogen and oxygen atoms in total. The van der Waals surface area contributed by atoms with E-state index in [1.807, 2.05) is 16.7 Å². The Morgan fingerprint density at radius 1 is 1.43 bits per heavy atom. The number of hydrogen-bond donors (Lipinski definition) is 0. The molecule has 0 radical (unpaired) electrons. The predicted octanol–water partition coefficient (Wildman–Crippen LogP) is 1.81. The Bertz CT molecular complexity index is 515. The SMILES string of the molecule is CCC(Br)C(=O)N1CCN(c2ccc([N+](=O)[O-])cn2)CC1. The van der Waals surface area contributed by atoms with E-state index in [1.165, 1.54) is 12.3 Å².